The first-order valence-corrected chi connectivity index (χ1v) is 8.28. The molecule has 134 valence electrons. The molecule has 0 aliphatic rings. The van der Waals surface area contributed by atoms with Gasteiger partial charge in [0.2, 0.25) is 0 Å². The number of nitrogens with zero attached hydrogens (tertiary/aromatic N) is 1. The highest BCUT2D eigenvalue weighted by Crippen LogP contribution is 2.18. The molecule has 1 aromatic carbocycles. The van der Waals surface area contributed by atoms with E-state index in [9.17, 15) is 14.7 Å². The zero-order valence-electron chi connectivity index (χ0n) is 14.5. The number of hydrogen-bond acceptors (Lipinski definition) is 4. The number of aromatic nitrogens is 1. The van der Waals surface area contributed by atoms with Crippen molar-refractivity contribution < 1.29 is 14.6 Å². The van der Waals surface area contributed by atoms with Gasteiger partial charge in [-0.2, -0.15) is 0 Å². The van der Waals surface area contributed by atoms with Crippen LogP contribution >= 0.6 is 0 Å². The molecule has 1 atom stereocenters. The molecule has 2 aromatic rings. The Bertz CT molecular complexity index is 738. The fraction of sp³-hybridized carbons (Fsp3) is 0.368. The third-order valence-corrected chi connectivity index (χ3v) is 3.76. The molecule has 1 amide bonds. The standard InChI is InChI=1S/C19H24N2O4/c1-14(2)15-6-8-17(9-7-15)25-13-18(23)20-11-16(22)12-21-10-4-3-5-19(21)24/h3-10,14,16,22H,11-13H2,1-2H3,(H,20,23)/t16-/m1/s1. The van der Waals surface area contributed by atoms with E-state index in [0.717, 1.165) is 0 Å². The van der Waals surface area contributed by atoms with Crippen molar-refractivity contribution in [2.75, 3.05) is 13.2 Å². The monoisotopic (exact) mass is 344 g/mol. The molecule has 0 spiro atoms. The van der Waals surface area contributed by atoms with Crippen molar-refractivity contribution in [1.29, 1.82) is 0 Å². The zero-order valence-corrected chi connectivity index (χ0v) is 14.5. The molecule has 0 unspecified atom stereocenters. The molecule has 2 N–H and O–H groups in total. The second kappa shape index (κ2) is 9.03. The average Bonchev–Trinajstić information content (AvgIpc) is 2.60. The fourth-order valence-electron chi connectivity index (χ4n) is 2.28. The smallest absolute Gasteiger partial charge is 0.258 e. The van der Waals surface area contributed by atoms with Crippen molar-refractivity contribution in [2.24, 2.45) is 0 Å². The topological polar surface area (TPSA) is 80.6 Å². The van der Waals surface area contributed by atoms with Crippen molar-refractivity contribution in [3.05, 3.63) is 64.6 Å². The predicted octanol–water partition coefficient (Wildman–Crippen LogP) is 1.53. The predicted molar refractivity (Wildman–Crippen MR) is 95.7 cm³/mol. The highest BCUT2D eigenvalue weighted by Gasteiger charge is 2.09. The van der Waals surface area contributed by atoms with E-state index in [4.69, 9.17) is 4.74 Å². The third kappa shape index (κ3) is 6.08. The van der Waals surface area contributed by atoms with Gasteiger partial charge in [-0.15, -0.1) is 0 Å². The van der Waals surface area contributed by atoms with Gasteiger partial charge in [-0.1, -0.05) is 32.0 Å². The maximum atomic E-state index is 11.8. The number of carbonyl (C=O) groups is 1. The number of carbonyl (C=O) groups excluding carboxylic acids is 1. The third-order valence-electron chi connectivity index (χ3n) is 3.76. The minimum atomic E-state index is -0.852. The van der Waals surface area contributed by atoms with E-state index >= 15 is 0 Å². The van der Waals surface area contributed by atoms with Crippen LogP contribution in [0.4, 0.5) is 0 Å². The summed E-state index contributed by atoms with van der Waals surface area (Å²) >= 11 is 0. The highest BCUT2D eigenvalue weighted by atomic mass is 16.5. The lowest BCUT2D eigenvalue weighted by Gasteiger charge is -2.14. The lowest BCUT2D eigenvalue weighted by Crippen LogP contribution is -2.38. The number of aliphatic hydroxyl groups excluding tert-OH is 1. The summed E-state index contributed by atoms with van der Waals surface area (Å²) in [6.45, 7) is 4.27. The van der Waals surface area contributed by atoms with Gasteiger partial charge in [0.1, 0.15) is 5.75 Å². The normalized spacial score (nSPS) is 12.0. The van der Waals surface area contributed by atoms with Crippen LogP contribution in [0.1, 0.15) is 25.3 Å². The maximum Gasteiger partial charge on any atom is 0.258 e. The van der Waals surface area contributed by atoms with Gasteiger partial charge in [0.25, 0.3) is 11.5 Å². The summed E-state index contributed by atoms with van der Waals surface area (Å²) in [5, 5.41) is 12.5. The van der Waals surface area contributed by atoms with Gasteiger partial charge in [-0.25, -0.2) is 0 Å². The SMILES string of the molecule is CC(C)c1ccc(OCC(=O)NC[C@@H](O)Cn2ccccc2=O)cc1. The number of nitrogens with one attached hydrogen (secondary N) is 1. The summed E-state index contributed by atoms with van der Waals surface area (Å²) in [5.41, 5.74) is 1.01. The Hall–Kier alpha value is -2.60. The first-order chi connectivity index (χ1) is 12.0. The van der Waals surface area contributed by atoms with Gasteiger partial charge in [0.15, 0.2) is 6.61 Å². The Labute approximate surface area is 147 Å². The number of pyridine rings is 1. The van der Waals surface area contributed by atoms with Crippen molar-refractivity contribution in [3.63, 3.8) is 0 Å². The van der Waals surface area contributed by atoms with E-state index in [0.29, 0.717) is 11.7 Å². The van der Waals surface area contributed by atoms with E-state index in [2.05, 4.69) is 19.2 Å². The Balaban J connectivity index is 1.73. The molecule has 25 heavy (non-hydrogen) atoms. The molecule has 0 radical (unpaired) electrons. The summed E-state index contributed by atoms with van der Waals surface area (Å²) < 4.78 is 6.82. The van der Waals surface area contributed by atoms with Crippen molar-refractivity contribution in [1.82, 2.24) is 9.88 Å². The summed E-state index contributed by atoms with van der Waals surface area (Å²) in [6, 6.07) is 12.4. The number of aliphatic hydroxyl groups is 1. The maximum absolute atomic E-state index is 11.8. The van der Waals surface area contributed by atoms with Crippen LogP contribution in [-0.2, 0) is 11.3 Å². The Kier molecular flexibility index (Phi) is 6.77. The summed E-state index contributed by atoms with van der Waals surface area (Å²) in [7, 11) is 0. The van der Waals surface area contributed by atoms with Crippen LogP contribution in [0, 0.1) is 0 Å². The van der Waals surface area contributed by atoms with Crippen molar-refractivity contribution in [2.45, 2.75) is 32.4 Å². The minimum Gasteiger partial charge on any atom is -0.484 e. The first-order valence-electron chi connectivity index (χ1n) is 8.28. The molecule has 6 nitrogen and oxygen atoms in total. The van der Waals surface area contributed by atoms with Gasteiger partial charge >= 0.3 is 0 Å². The Morgan fingerprint density at radius 1 is 1.20 bits per heavy atom. The fourth-order valence-corrected chi connectivity index (χ4v) is 2.28. The number of hydrogen-bond donors (Lipinski definition) is 2. The molecule has 0 saturated heterocycles. The van der Waals surface area contributed by atoms with E-state index in [1.807, 2.05) is 24.3 Å². The number of ether oxygens (including phenoxy) is 1. The van der Waals surface area contributed by atoms with Crippen molar-refractivity contribution >= 4 is 5.91 Å². The zero-order chi connectivity index (χ0) is 18.2. The second-order valence-corrected chi connectivity index (χ2v) is 6.16. The lowest BCUT2D eigenvalue weighted by molar-refractivity contribution is -0.123. The summed E-state index contributed by atoms with van der Waals surface area (Å²) in [5.74, 6) is 0.735. The number of amides is 1. The highest BCUT2D eigenvalue weighted by molar-refractivity contribution is 5.77. The molecule has 2 rings (SSSR count). The minimum absolute atomic E-state index is 0.0514. The molecule has 0 saturated carbocycles. The van der Waals surface area contributed by atoms with Crippen LogP contribution in [0.25, 0.3) is 0 Å². The molecule has 0 aliphatic heterocycles. The molecule has 1 aromatic heterocycles. The van der Waals surface area contributed by atoms with E-state index in [1.165, 1.54) is 16.2 Å². The Morgan fingerprint density at radius 2 is 1.92 bits per heavy atom. The number of benzene rings is 1. The molecule has 0 bridgehead atoms. The van der Waals surface area contributed by atoms with E-state index in [-0.39, 0.29) is 31.2 Å². The lowest BCUT2D eigenvalue weighted by atomic mass is 10.0. The molecular formula is C19H24N2O4. The Morgan fingerprint density at radius 3 is 2.56 bits per heavy atom. The van der Waals surface area contributed by atoms with Crippen LogP contribution in [0.15, 0.2) is 53.5 Å². The van der Waals surface area contributed by atoms with Gasteiger partial charge in [0, 0.05) is 18.8 Å². The second-order valence-electron chi connectivity index (χ2n) is 6.16. The van der Waals surface area contributed by atoms with Crippen LogP contribution in [0.3, 0.4) is 0 Å². The van der Waals surface area contributed by atoms with Gasteiger partial charge in [-0.05, 0) is 29.7 Å². The van der Waals surface area contributed by atoms with Gasteiger partial charge < -0.3 is 19.7 Å². The van der Waals surface area contributed by atoms with Crippen LogP contribution in [-0.4, -0.2) is 34.8 Å². The van der Waals surface area contributed by atoms with Crippen LogP contribution in [0.2, 0.25) is 0 Å². The summed E-state index contributed by atoms with van der Waals surface area (Å²) in [6.07, 6.45) is 0.742. The average molecular weight is 344 g/mol. The van der Waals surface area contributed by atoms with Crippen LogP contribution in [0.5, 0.6) is 5.75 Å². The molecule has 6 heteroatoms. The largest absolute Gasteiger partial charge is 0.484 e. The van der Waals surface area contributed by atoms with E-state index < -0.39 is 6.10 Å². The quantitative estimate of drug-likeness (QED) is 0.761. The summed E-state index contributed by atoms with van der Waals surface area (Å²) in [4.78, 5) is 23.4. The van der Waals surface area contributed by atoms with Gasteiger partial charge in [-0.3, -0.25) is 9.59 Å². The molecular weight excluding hydrogens is 320 g/mol. The molecule has 1 heterocycles. The van der Waals surface area contributed by atoms with Crippen LogP contribution < -0.4 is 15.6 Å². The first kappa shape index (κ1) is 18.7. The molecule has 0 fully saturated rings. The van der Waals surface area contributed by atoms with E-state index in [1.54, 1.807) is 18.3 Å². The molecule has 0 aliphatic carbocycles. The van der Waals surface area contributed by atoms with Gasteiger partial charge in [0.05, 0.1) is 12.6 Å². The van der Waals surface area contributed by atoms with Crippen molar-refractivity contribution in [3.8, 4) is 5.75 Å². The number of rotatable bonds is 8.